The van der Waals surface area contributed by atoms with Gasteiger partial charge in [-0.2, -0.15) is 0 Å². The molecule has 2 fully saturated rings. The van der Waals surface area contributed by atoms with Crippen molar-refractivity contribution in [3.63, 3.8) is 0 Å². The first-order valence-corrected chi connectivity index (χ1v) is 9.83. The van der Waals surface area contributed by atoms with Gasteiger partial charge in [-0.3, -0.25) is 4.79 Å². The highest BCUT2D eigenvalue weighted by Gasteiger charge is 2.28. The molecular weight excluding hydrogens is 347 g/mol. The Morgan fingerprint density at radius 2 is 2.00 bits per heavy atom. The second kappa shape index (κ2) is 7.43. The number of aromatic nitrogens is 1. The van der Waals surface area contributed by atoms with Gasteiger partial charge in [0.25, 0.3) is 0 Å². The van der Waals surface area contributed by atoms with E-state index in [2.05, 4.69) is 5.32 Å². The smallest absolute Gasteiger partial charge is 0.343 e. The third kappa shape index (κ3) is 3.63. The lowest BCUT2D eigenvalue weighted by Gasteiger charge is -2.23. The predicted molar refractivity (Wildman–Crippen MR) is 102 cm³/mol. The van der Waals surface area contributed by atoms with Crippen molar-refractivity contribution in [3.8, 4) is 0 Å². The van der Waals surface area contributed by atoms with Crippen LogP contribution in [-0.2, 0) is 11.2 Å². The second-order valence-corrected chi connectivity index (χ2v) is 7.59. The van der Waals surface area contributed by atoms with E-state index in [9.17, 15) is 14.0 Å². The molecule has 2 aromatic rings. The molecule has 144 valence electrons. The van der Waals surface area contributed by atoms with Crippen LogP contribution in [0.2, 0.25) is 0 Å². The Balaban J connectivity index is 1.80. The van der Waals surface area contributed by atoms with Crippen LogP contribution in [0.5, 0.6) is 0 Å². The van der Waals surface area contributed by atoms with Crippen molar-refractivity contribution in [2.75, 3.05) is 19.7 Å². The second-order valence-electron chi connectivity index (χ2n) is 7.59. The minimum atomic E-state index is -0.641. The molecule has 1 aliphatic carbocycles. The number of hydrogen-bond acceptors (Lipinski definition) is 4. The maximum absolute atomic E-state index is 14.8. The minimum absolute atomic E-state index is 0.0123. The Kier molecular flexibility index (Phi) is 5.00. The molecule has 0 radical (unpaired) electrons. The van der Waals surface area contributed by atoms with Crippen LogP contribution in [0, 0.1) is 11.7 Å². The van der Waals surface area contributed by atoms with Gasteiger partial charge in [0.1, 0.15) is 11.4 Å². The van der Waals surface area contributed by atoms with E-state index in [0.29, 0.717) is 17.9 Å². The summed E-state index contributed by atoms with van der Waals surface area (Å²) in [6.45, 7) is 3.83. The summed E-state index contributed by atoms with van der Waals surface area (Å²) in [6, 6.07) is 3.40. The fourth-order valence-corrected chi connectivity index (χ4v) is 3.98. The predicted octanol–water partition coefficient (Wildman–Crippen LogP) is 3.19. The Morgan fingerprint density at radius 3 is 2.67 bits per heavy atom. The molecule has 1 aromatic carbocycles. The number of ether oxygens (including phenoxy) is 1. The SMILES string of the molecule is CCOC(=O)c1cn(C2CC2)c2cc(CC3CCNCC3)c(F)cc2c1=O. The van der Waals surface area contributed by atoms with Gasteiger partial charge in [-0.05, 0) is 75.7 Å². The summed E-state index contributed by atoms with van der Waals surface area (Å²) in [4.78, 5) is 25.0. The van der Waals surface area contributed by atoms with E-state index in [1.807, 2.05) is 10.6 Å². The molecule has 0 amide bonds. The Labute approximate surface area is 157 Å². The quantitative estimate of drug-likeness (QED) is 0.819. The lowest BCUT2D eigenvalue weighted by Crippen LogP contribution is -2.29. The number of nitrogens with one attached hydrogen (secondary N) is 1. The van der Waals surface area contributed by atoms with Crippen molar-refractivity contribution in [1.29, 1.82) is 0 Å². The van der Waals surface area contributed by atoms with Gasteiger partial charge in [0.15, 0.2) is 0 Å². The van der Waals surface area contributed by atoms with E-state index in [1.165, 1.54) is 6.07 Å². The molecule has 0 unspecified atom stereocenters. The number of esters is 1. The number of halogens is 1. The van der Waals surface area contributed by atoms with Gasteiger partial charge in [0.2, 0.25) is 5.43 Å². The number of nitrogens with zero attached hydrogens (tertiary/aromatic N) is 1. The van der Waals surface area contributed by atoms with Crippen molar-refractivity contribution < 1.29 is 13.9 Å². The van der Waals surface area contributed by atoms with Gasteiger partial charge in [-0.1, -0.05) is 0 Å². The maximum Gasteiger partial charge on any atom is 0.343 e. The first-order chi connectivity index (χ1) is 13.1. The van der Waals surface area contributed by atoms with Crippen molar-refractivity contribution in [2.24, 2.45) is 5.92 Å². The molecule has 27 heavy (non-hydrogen) atoms. The van der Waals surface area contributed by atoms with E-state index < -0.39 is 11.4 Å². The highest BCUT2D eigenvalue weighted by molar-refractivity contribution is 5.94. The third-order valence-electron chi connectivity index (χ3n) is 5.60. The molecule has 1 saturated carbocycles. The van der Waals surface area contributed by atoms with Crippen LogP contribution < -0.4 is 10.7 Å². The average molecular weight is 372 g/mol. The molecule has 0 bridgehead atoms. The number of fused-ring (bicyclic) bond motifs is 1. The Morgan fingerprint density at radius 1 is 1.26 bits per heavy atom. The molecule has 1 aliphatic heterocycles. The largest absolute Gasteiger partial charge is 0.462 e. The fourth-order valence-electron chi connectivity index (χ4n) is 3.98. The first kappa shape index (κ1) is 18.2. The van der Waals surface area contributed by atoms with E-state index in [-0.39, 0.29) is 29.4 Å². The number of carbonyl (C=O) groups excluding carboxylic acids is 1. The van der Waals surface area contributed by atoms with Crippen LogP contribution in [0.15, 0.2) is 23.1 Å². The zero-order valence-electron chi connectivity index (χ0n) is 15.6. The summed E-state index contributed by atoms with van der Waals surface area (Å²) in [5.41, 5.74) is 0.919. The molecular formula is C21H25FN2O3. The monoisotopic (exact) mass is 372 g/mol. The molecule has 5 nitrogen and oxygen atoms in total. The van der Waals surface area contributed by atoms with Gasteiger partial charge in [0, 0.05) is 17.6 Å². The lowest BCUT2D eigenvalue weighted by molar-refractivity contribution is 0.0524. The van der Waals surface area contributed by atoms with E-state index in [0.717, 1.165) is 44.3 Å². The van der Waals surface area contributed by atoms with Crippen LogP contribution in [-0.4, -0.2) is 30.2 Å². The highest BCUT2D eigenvalue weighted by Crippen LogP contribution is 2.37. The molecule has 0 spiro atoms. The normalized spacial score (nSPS) is 18.0. The maximum atomic E-state index is 14.8. The summed E-state index contributed by atoms with van der Waals surface area (Å²) < 4.78 is 21.8. The summed E-state index contributed by atoms with van der Waals surface area (Å²) in [5, 5.41) is 3.59. The topological polar surface area (TPSA) is 60.3 Å². The molecule has 0 atom stereocenters. The minimum Gasteiger partial charge on any atom is -0.462 e. The highest BCUT2D eigenvalue weighted by atomic mass is 19.1. The first-order valence-electron chi connectivity index (χ1n) is 9.83. The fraction of sp³-hybridized carbons (Fsp3) is 0.524. The van der Waals surface area contributed by atoms with Gasteiger partial charge < -0.3 is 14.6 Å². The standard InChI is InChI=1S/C21H25FN2O3/c1-2-27-21(26)17-12-24(15-3-4-15)19-10-14(9-13-5-7-23-8-6-13)18(22)11-16(19)20(17)25/h10-13,15,23H,2-9H2,1H3. The van der Waals surface area contributed by atoms with Crippen molar-refractivity contribution in [3.05, 3.63) is 45.5 Å². The number of pyridine rings is 1. The summed E-state index contributed by atoms with van der Waals surface area (Å²) in [7, 11) is 0. The average Bonchev–Trinajstić information content (AvgIpc) is 3.49. The van der Waals surface area contributed by atoms with Gasteiger partial charge in [0.05, 0.1) is 12.1 Å². The van der Waals surface area contributed by atoms with Gasteiger partial charge >= 0.3 is 5.97 Å². The van der Waals surface area contributed by atoms with Crippen molar-refractivity contribution >= 4 is 16.9 Å². The van der Waals surface area contributed by atoms with Crippen LogP contribution in [0.4, 0.5) is 4.39 Å². The Bertz CT molecular complexity index is 927. The molecule has 1 aromatic heterocycles. The van der Waals surface area contributed by atoms with Crippen molar-refractivity contribution in [1.82, 2.24) is 9.88 Å². The number of rotatable bonds is 5. The molecule has 2 aliphatic rings. The summed E-state index contributed by atoms with van der Waals surface area (Å²) in [6.07, 6.45) is 6.36. The van der Waals surface area contributed by atoms with Crippen LogP contribution in [0.25, 0.3) is 10.9 Å². The van der Waals surface area contributed by atoms with Gasteiger partial charge in [-0.15, -0.1) is 0 Å². The molecule has 1 N–H and O–H groups in total. The van der Waals surface area contributed by atoms with Gasteiger partial charge in [-0.25, -0.2) is 9.18 Å². The van der Waals surface area contributed by atoms with Crippen LogP contribution >= 0.6 is 0 Å². The number of piperidine rings is 1. The summed E-state index contributed by atoms with van der Waals surface area (Å²) in [5.74, 6) is -0.544. The van der Waals surface area contributed by atoms with Crippen molar-refractivity contribution in [2.45, 2.75) is 45.1 Å². The summed E-state index contributed by atoms with van der Waals surface area (Å²) >= 11 is 0. The van der Waals surface area contributed by atoms with E-state index >= 15 is 0 Å². The van der Waals surface area contributed by atoms with Crippen LogP contribution in [0.3, 0.4) is 0 Å². The molecule has 6 heteroatoms. The number of carbonyl (C=O) groups is 1. The number of hydrogen-bond donors (Lipinski definition) is 1. The lowest BCUT2D eigenvalue weighted by atomic mass is 9.90. The third-order valence-corrected chi connectivity index (χ3v) is 5.60. The number of benzene rings is 1. The van der Waals surface area contributed by atoms with E-state index in [1.54, 1.807) is 13.1 Å². The zero-order valence-corrected chi connectivity index (χ0v) is 15.6. The zero-order chi connectivity index (χ0) is 19.0. The molecule has 2 heterocycles. The molecule has 1 saturated heterocycles. The molecule has 4 rings (SSSR count). The van der Waals surface area contributed by atoms with Crippen LogP contribution in [0.1, 0.15) is 54.6 Å². The Hall–Kier alpha value is -2.21. The van der Waals surface area contributed by atoms with E-state index in [4.69, 9.17) is 4.74 Å².